The molecule has 0 fully saturated rings. The van der Waals surface area contributed by atoms with Crippen LogP contribution in [0.1, 0.15) is 27.3 Å². The molecule has 0 aliphatic heterocycles. The number of fused-ring (bicyclic) bond motifs is 1. The first-order valence-corrected chi connectivity index (χ1v) is 8.93. The van der Waals surface area contributed by atoms with Crippen LogP contribution in [0, 0.1) is 26.6 Å². The first-order valence-electron chi connectivity index (χ1n) is 8.93. The van der Waals surface area contributed by atoms with Gasteiger partial charge in [0, 0.05) is 11.8 Å². The molecule has 0 radical (unpaired) electrons. The lowest BCUT2D eigenvalue weighted by Gasteiger charge is -2.09. The van der Waals surface area contributed by atoms with E-state index in [-0.39, 0.29) is 5.69 Å². The largest absolute Gasteiger partial charge is 0.319 e. The number of carbonyl (C=O) groups excluding carboxylic acids is 1. The van der Waals surface area contributed by atoms with Gasteiger partial charge in [-0.2, -0.15) is 5.10 Å². The molecule has 5 nitrogen and oxygen atoms in total. The van der Waals surface area contributed by atoms with E-state index in [9.17, 15) is 9.18 Å². The molecule has 28 heavy (non-hydrogen) atoms. The fourth-order valence-electron chi connectivity index (χ4n) is 3.32. The standard InChI is InChI=1S/C22H19FN4O/c1-13-7-6-8-16(11-13)20-14(2)26-27-15(3)17(12-24-21(20)27)22(28)25-19-10-5-4-9-18(19)23/h4-12H,1-3H3,(H,25,28). The predicted molar refractivity (Wildman–Crippen MR) is 107 cm³/mol. The van der Waals surface area contributed by atoms with Crippen molar-refractivity contribution in [2.75, 3.05) is 5.32 Å². The second kappa shape index (κ2) is 6.88. The van der Waals surface area contributed by atoms with Crippen molar-refractivity contribution < 1.29 is 9.18 Å². The van der Waals surface area contributed by atoms with Gasteiger partial charge >= 0.3 is 0 Å². The summed E-state index contributed by atoms with van der Waals surface area (Å²) in [5, 5.41) is 7.18. The molecule has 1 N–H and O–H groups in total. The number of hydrogen-bond donors (Lipinski definition) is 1. The number of anilines is 1. The van der Waals surface area contributed by atoms with E-state index in [2.05, 4.69) is 21.5 Å². The van der Waals surface area contributed by atoms with Gasteiger partial charge < -0.3 is 5.32 Å². The van der Waals surface area contributed by atoms with Crippen molar-refractivity contribution in [3.63, 3.8) is 0 Å². The van der Waals surface area contributed by atoms with Gasteiger partial charge in [-0.05, 0) is 38.5 Å². The van der Waals surface area contributed by atoms with Gasteiger partial charge in [0.15, 0.2) is 5.65 Å². The van der Waals surface area contributed by atoms with Crippen molar-refractivity contribution in [2.45, 2.75) is 20.8 Å². The molecule has 0 spiro atoms. The number of halogens is 1. The highest BCUT2D eigenvalue weighted by Crippen LogP contribution is 2.29. The van der Waals surface area contributed by atoms with Crippen LogP contribution in [0.5, 0.6) is 0 Å². The van der Waals surface area contributed by atoms with E-state index in [4.69, 9.17) is 0 Å². The van der Waals surface area contributed by atoms with E-state index < -0.39 is 11.7 Å². The van der Waals surface area contributed by atoms with Gasteiger partial charge in [-0.3, -0.25) is 4.79 Å². The molecule has 0 aliphatic rings. The Hall–Kier alpha value is -3.54. The fourth-order valence-corrected chi connectivity index (χ4v) is 3.32. The topological polar surface area (TPSA) is 59.3 Å². The molecule has 0 saturated carbocycles. The number of hydrogen-bond acceptors (Lipinski definition) is 3. The highest BCUT2D eigenvalue weighted by atomic mass is 19.1. The van der Waals surface area contributed by atoms with E-state index in [1.165, 1.54) is 18.3 Å². The minimum atomic E-state index is -0.487. The van der Waals surface area contributed by atoms with Crippen molar-refractivity contribution >= 4 is 17.2 Å². The number of amides is 1. The summed E-state index contributed by atoms with van der Waals surface area (Å²) in [6.45, 7) is 5.76. The van der Waals surface area contributed by atoms with Crippen LogP contribution >= 0.6 is 0 Å². The summed E-state index contributed by atoms with van der Waals surface area (Å²) in [6.07, 6.45) is 1.52. The Balaban J connectivity index is 1.78. The number of para-hydroxylation sites is 1. The summed E-state index contributed by atoms with van der Waals surface area (Å²) in [7, 11) is 0. The maximum Gasteiger partial charge on any atom is 0.259 e. The molecule has 0 saturated heterocycles. The second-order valence-corrected chi connectivity index (χ2v) is 6.76. The predicted octanol–water partition coefficient (Wildman–Crippen LogP) is 4.71. The van der Waals surface area contributed by atoms with Crippen LogP contribution in [-0.2, 0) is 0 Å². The third-order valence-corrected chi connectivity index (χ3v) is 4.73. The fraction of sp³-hybridized carbons (Fsp3) is 0.136. The number of aromatic nitrogens is 3. The molecule has 4 rings (SSSR count). The van der Waals surface area contributed by atoms with Crippen LogP contribution in [0.4, 0.5) is 10.1 Å². The third-order valence-electron chi connectivity index (χ3n) is 4.73. The summed E-state index contributed by atoms with van der Waals surface area (Å²) in [5.41, 5.74) is 5.74. The molecule has 0 bridgehead atoms. The van der Waals surface area contributed by atoms with Crippen molar-refractivity contribution in [3.8, 4) is 11.1 Å². The zero-order chi connectivity index (χ0) is 19.8. The molecule has 0 atom stereocenters. The Bertz CT molecular complexity index is 1210. The monoisotopic (exact) mass is 374 g/mol. The van der Waals surface area contributed by atoms with Crippen LogP contribution in [0.15, 0.2) is 54.7 Å². The highest BCUT2D eigenvalue weighted by molar-refractivity contribution is 6.05. The molecule has 140 valence electrons. The first-order chi connectivity index (χ1) is 13.5. The summed E-state index contributed by atoms with van der Waals surface area (Å²) >= 11 is 0. The lowest BCUT2D eigenvalue weighted by molar-refractivity contribution is 0.102. The molecule has 1 amide bonds. The number of rotatable bonds is 3. The minimum absolute atomic E-state index is 0.129. The van der Waals surface area contributed by atoms with E-state index >= 15 is 0 Å². The van der Waals surface area contributed by atoms with Crippen LogP contribution < -0.4 is 5.32 Å². The van der Waals surface area contributed by atoms with Crippen molar-refractivity contribution in [1.82, 2.24) is 14.6 Å². The van der Waals surface area contributed by atoms with E-state index in [0.717, 1.165) is 22.4 Å². The zero-order valence-corrected chi connectivity index (χ0v) is 15.8. The summed E-state index contributed by atoms with van der Waals surface area (Å²) in [6, 6.07) is 14.2. The van der Waals surface area contributed by atoms with E-state index in [1.54, 1.807) is 23.6 Å². The number of carbonyl (C=O) groups is 1. The summed E-state index contributed by atoms with van der Waals surface area (Å²) in [4.78, 5) is 17.2. The molecule has 0 aliphatic carbocycles. The Morgan fingerprint density at radius 1 is 1.07 bits per heavy atom. The van der Waals surface area contributed by atoms with Gasteiger partial charge in [0.1, 0.15) is 5.82 Å². The molecule has 6 heteroatoms. The highest BCUT2D eigenvalue weighted by Gasteiger charge is 2.19. The van der Waals surface area contributed by atoms with Crippen LogP contribution in [0.3, 0.4) is 0 Å². The number of aryl methyl sites for hydroxylation is 3. The maximum atomic E-state index is 13.8. The SMILES string of the molecule is Cc1cccc(-c2c(C)nn3c(C)c(C(=O)Nc4ccccc4F)cnc23)c1. The summed E-state index contributed by atoms with van der Waals surface area (Å²) in [5.74, 6) is -0.915. The van der Waals surface area contributed by atoms with Gasteiger partial charge in [-0.15, -0.1) is 0 Å². The molecule has 2 aromatic carbocycles. The maximum absolute atomic E-state index is 13.8. The van der Waals surface area contributed by atoms with E-state index in [1.807, 2.05) is 32.0 Å². The van der Waals surface area contributed by atoms with Crippen LogP contribution in [-0.4, -0.2) is 20.5 Å². The molecule has 4 aromatic rings. The zero-order valence-electron chi connectivity index (χ0n) is 15.8. The first kappa shape index (κ1) is 17.9. The molecule has 2 heterocycles. The summed E-state index contributed by atoms with van der Waals surface area (Å²) < 4.78 is 15.5. The normalized spacial score (nSPS) is 11.0. The van der Waals surface area contributed by atoms with Gasteiger partial charge in [0.2, 0.25) is 0 Å². The van der Waals surface area contributed by atoms with E-state index in [0.29, 0.717) is 16.9 Å². The Labute approximate surface area is 161 Å². The average molecular weight is 374 g/mol. The lowest BCUT2D eigenvalue weighted by atomic mass is 10.0. The lowest BCUT2D eigenvalue weighted by Crippen LogP contribution is -2.16. The van der Waals surface area contributed by atoms with Crippen LogP contribution in [0.25, 0.3) is 16.8 Å². The smallest absolute Gasteiger partial charge is 0.259 e. The van der Waals surface area contributed by atoms with Gasteiger partial charge in [-0.25, -0.2) is 13.9 Å². The average Bonchev–Trinajstić information content (AvgIpc) is 3.01. The van der Waals surface area contributed by atoms with Crippen LogP contribution in [0.2, 0.25) is 0 Å². The second-order valence-electron chi connectivity index (χ2n) is 6.76. The molecular formula is C22H19FN4O. The van der Waals surface area contributed by atoms with Gasteiger partial charge in [0.25, 0.3) is 5.91 Å². The van der Waals surface area contributed by atoms with Gasteiger partial charge in [0.05, 0.1) is 22.6 Å². The van der Waals surface area contributed by atoms with Crippen molar-refractivity contribution in [1.29, 1.82) is 0 Å². The number of nitrogens with zero attached hydrogens (tertiary/aromatic N) is 3. The minimum Gasteiger partial charge on any atom is -0.319 e. The number of benzene rings is 2. The van der Waals surface area contributed by atoms with Crippen molar-refractivity contribution in [3.05, 3.63) is 83.1 Å². The number of nitrogens with one attached hydrogen (secondary N) is 1. The Morgan fingerprint density at radius 2 is 1.86 bits per heavy atom. The van der Waals surface area contributed by atoms with Gasteiger partial charge in [-0.1, -0.05) is 42.0 Å². The quantitative estimate of drug-likeness (QED) is 0.565. The Kier molecular flexibility index (Phi) is 4.39. The Morgan fingerprint density at radius 3 is 2.61 bits per heavy atom. The van der Waals surface area contributed by atoms with Crippen molar-refractivity contribution in [2.24, 2.45) is 0 Å². The molecule has 2 aromatic heterocycles. The third kappa shape index (κ3) is 3.03. The molecular weight excluding hydrogens is 355 g/mol. The molecule has 0 unspecified atom stereocenters.